The van der Waals surface area contributed by atoms with E-state index in [1.54, 1.807) is 11.3 Å². The van der Waals surface area contributed by atoms with Crippen LogP contribution in [0.15, 0.2) is 199 Å². The number of rotatable bonds is 5. The Hall–Kier alpha value is -7.73. The summed E-state index contributed by atoms with van der Waals surface area (Å²) in [6, 6.07) is 69.5. The molecule has 12 aromatic rings. The van der Waals surface area contributed by atoms with Gasteiger partial charge in [-0.2, -0.15) is 0 Å². The van der Waals surface area contributed by atoms with Gasteiger partial charge >= 0.3 is 0 Å². The third-order valence-corrected chi connectivity index (χ3v) is 14.1. The van der Waals surface area contributed by atoms with Gasteiger partial charge in [0, 0.05) is 59.1 Å². The summed E-state index contributed by atoms with van der Waals surface area (Å²) in [4.78, 5) is 16.1. The Balaban J connectivity index is 1.03. The number of aromatic nitrogens is 3. The second-order valence-corrected chi connectivity index (χ2v) is 17.7. The monoisotopic (exact) mass is 823 g/mol. The van der Waals surface area contributed by atoms with E-state index in [9.17, 15) is 0 Å². The number of benzene rings is 9. The number of para-hydroxylation sites is 1. The highest BCUT2D eigenvalue weighted by Gasteiger charge is 2.29. The third-order valence-electron chi connectivity index (χ3n) is 13.0. The lowest BCUT2D eigenvalue weighted by Gasteiger charge is -2.19. The van der Waals surface area contributed by atoms with Crippen LogP contribution >= 0.6 is 11.3 Å². The van der Waals surface area contributed by atoms with Crippen LogP contribution in [0.3, 0.4) is 0 Å². The number of nitrogens with zero attached hydrogens (tertiary/aromatic N) is 3. The predicted molar refractivity (Wildman–Crippen MR) is 261 cm³/mol. The summed E-state index contributed by atoms with van der Waals surface area (Å²) in [6.07, 6.45) is 1.90. The first-order chi connectivity index (χ1) is 31.2. The summed E-state index contributed by atoms with van der Waals surface area (Å²) in [5, 5.41) is 6.98. The highest BCUT2D eigenvalue weighted by atomic mass is 32.1. The smallest absolute Gasteiger partial charge is 0.164 e. The van der Waals surface area contributed by atoms with Crippen molar-refractivity contribution in [1.82, 2.24) is 15.0 Å². The molecule has 0 aliphatic heterocycles. The Labute approximate surface area is 367 Å². The van der Waals surface area contributed by atoms with Gasteiger partial charge in [-0.15, -0.1) is 11.3 Å². The van der Waals surface area contributed by atoms with Gasteiger partial charge < -0.3 is 4.42 Å². The van der Waals surface area contributed by atoms with E-state index < -0.39 is 0 Å². The minimum absolute atomic E-state index is 0.103. The van der Waals surface area contributed by atoms with Crippen molar-refractivity contribution >= 4 is 64.2 Å². The van der Waals surface area contributed by atoms with Gasteiger partial charge in [0.1, 0.15) is 11.2 Å². The molecule has 13 rings (SSSR count). The van der Waals surface area contributed by atoms with Crippen LogP contribution in [0.2, 0.25) is 0 Å². The van der Waals surface area contributed by atoms with Crippen molar-refractivity contribution in [1.29, 1.82) is 0 Å². The Kier molecular flexibility index (Phi) is 8.25. The van der Waals surface area contributed by atoms with E-state index in [1.165, 1.54) is 58.9 Å². The standard InChI is InChI=1S/C58H37N3OS/c1-2-13-35(14-3-1)36-25-27-37(28-26-36)56-59-57(47-21-12-24-52-53(47)46-20-9-11-23-51(46)63-52)61-58(60-56)48-32-31-44(55-54(48)45-19-8-10-22-50(45)62-55)43-30-29-40-33-38-15-4-5-16-39(38)34-49(40)42-18-7-6-17-41(42)43/h1-28,31-34,43H,29-30H2. The minimum atomic E-state index is 0.103. The SMILES string of the molecule is c1ccc(-c2ccc(-c3nc(-c4cccc5sc6ccccc6c45)nc(-c4ccc(C5CCc6cc7ccccc7cc6-c6ccccc65)c5oc6ccccc6c45)n3)cc2)cc1. The summed E-state index contributed by atoms with van der Waals surface area (Å²) in [6.45, 7) is 0. The van der Waals surface area contributed by atoms with Crippen LogP contribution in [0.25, 0.3) is 109 Å². The van der Waals surface area contributed by atoms with E-state index in [-0.39, 0.29) is 5.92 Å². The van der Waals surface area contributed by atoms with Crippen molar-refractivity contribution in [3.63, 3.8) is 0 Å². The zero-order valence-electron chi connectivity index (χ0n) is 34.1. The summed E-state index contributed by atoms with van der Waals surface area (Å²) < 4.78 is 9.45. The molecule has 0 radical (unpaired) electrons. The van der Waals surface area contributed by atoms with Crippen LogP contribution in [0, 0.1) is 0 Å². The van der Waals surface area contributed by atoms with Crippen molar-refractivity contribution < 1.29 is 4.42 Å². The van der Waals surface area contributed by atoms with Crippen molar-refractivity contribution in [3.8, 4) is 56.4 Å². The van der Waals surface area contributed by atoms with Gasteiger partial charge in [-0.25, -0.2) is 15.0 Å². The highest BCUT2D eigenvalue weighted by Crippen LogP contribution is 2.48. The number of fused-ring (bicyclic) bond motifs is 10. The molecule has 5 heteroatoms. The minimum Gasteiger partial charge on any atom is -0.456 e. The molecule has 1 unspecified atom stereocenters. The van der Waals surface area contributed by atoms with Crippen LogP contribution in [0.1, 0.15) is 29.0 Å². The van der Waals surface area contributed by atoms with Crippen LogP contribution in [-0.4, -0.2) is 15.0 Å². The number of thiophene rings is 1. The molecular weight excluding hydrogens is 787 g/mol. The fourth-order valence-electron chi connectivity index (χ4n) is 10.0. The zero-order chi connectivity index (χ0) is 41.4. The van der Waals surface area contributed by atoms with E-state index in [4.69, 9.17) is 19.4 Å². The zero-order valence-corrected chi connectivity index (χ0v) is 34.9. The van der Waals surface area contributed by atoms with Crippen LogP contribution < -0.4 is 0 Å². The number of furan rings is 1. The molecule has 3 aromatic heterocycles. The molecule has 0 amide bonds. The molecule has 9 aromatic carbocycles. The maximum atomic E-state index is 7.01. The third kappa shape index (κ3) is 5.92. The number of aryl methyl sites for hydroxylation is 1. The molecule has 4 nitrogen and oxygen atoms in total. The highest BCUT2D eigenvalue weighted by molar-refractivity contribution is 7.25. The molecular formula is C58H37N3OS. The quantitative estimate of drug-likeness (QED) is 0.173. The molecule has 1 aliphatic carbocycles. The first kappa shape index (κ1) is 36.0. The van der Waals surface area contributed by atoms with E-state index in [1.807, 2.05) is 6.07 Å². The topological polar surface area (TPSA) is 51.8 Å². The van der Waals surface area contributed by atoms with Gasteiger partial charge in [-0.1, -0.05) is 164 Å². The Morgan fingerprint density at radius 2 is 1.06 bits per heavy atom. The second-order valence-electron chi connectivity index (χ2n) is 16.6. The fourth-order valence-corrected chi connectivity index (χ4v) is 11.2. The van der Waals surface area contributed by atoms with Gasteiger partial charge in [0.15, 0.2) is 17.5 Å². The average molecular weight is 824 g/mol. The molecule has 0 bridgehead atoms. The van der Waals surface area contributed by atoms with Gasteiger partial charge in [-0.3, -0.25) is 0 Å². The Morgan fingerprint density at radius 1 is 0.429 bits per heavy atom. The maximum absolute atomic E-state index is 7.01. The lowest BCUT2D eigenvalue weighted by molar-refractivity contribution is 0.647. The maximum Gasteiger partial charge on any atom is 0.164 e. The van der Waals surface area contributed by atoms with Crippen molar-refractivity contribution in [2.75, 3.05) is 0 Å². The van der Waals surface area contributed by atoms with Gasteiger partial charge in [0.2, 0.25) is 0 Å². The van der Waals surface area contributed by atoms with Gasteiger partial charge in [0.05, 0.1) is 0 Å². The summed E-state index contributed by atoms with van der Waals surface area (Å²) >= 11 is 1.80. The molecule has 3 heterocycles. The van der Waals surface area contributed by atoms with Crippen LogP contribution in [-0.2, 0) is 6.42 Å². The largest absolute Gasteiger partial charge is 0.456 e. The molecule has 0 saturated heterocycles. The van der Waals surface area contributed by atoms with Crippen molar-refractivity contribution in [2.24, 2.45) is 0 Å². The first-order valence-electron chi connectivity index (χ1n) is 21.6. The van der Waals surface area contributed by atoms with Crippen LogP contribution in [0.5, 0.6) is 0 Å². The summed E-state index contributed by atoms with van der Waals surface area (Å²) in [5.41, 5.74) is 13.4. The first-order valence-corrected chi connectivity index (χ1v) is 22.4. The Bertz CT molecular complexity index is 3750. The molecule has 0 saturated carbocycles. The average Bonchev–Trinajstić information content (AvgIpc) is 3.89. The van der Waals surface area contributed by atoms with E-state index >= 15 is 0 Å². The predicted octanol–water partition coefficient (Wildman–Crippen LogP) is 15.7. The molecule has 1 atom stereocenters. The van der Waals surface area contributed by atoms with E-state index in [0.29, 0.717) is 17.5 Å². The summed E-state index contributed by atoms with van der Waals surface area (Å²) in [7, 11) is 0. The molecule has 0 spiro atoms. The lowest BCUT2D eigenvalue weighted by Crippen LogP contribution is -2.04. The van der Waals surface area contributed by atoms with Gasteiger partial charge in [0.25, 0.3) is 0 Å². The molecule has 296 valence electrons. The van der Waals surface area contributed by atoms with Crippen LogP contribution in [0.4, 0.5) is 0 Å². The lowest BCUT2D eigenvalue weighted by atomic mass is 9.84. The van der Waals surface area contributed by atoms with Crippen molar-refractivity contribution in [2.45, 2.75) is 18.8 Å². The van der Waals surface area contributed by atoms with E-state index in [2.05, 4.69) is 188 Å². The van der Waals surface area contributed by atoms with Gasteiger partial charge in [-0.05, 0) is 87.3 Å². The van der Waals surface area contributed by atoms with E-state index in [0.717, 1.165) is 62.4 Å². The number of hydrogen-bond acceptors (Lipinski definition) is 5. The molecule has 63 heavy (non-hydrogen) atoms. The molecule has 0 fully saturated rings. The normalized spacial score (nSPS) is 13.7. The van der Waals surface area contributed by atoms with Crippen molar-refractivity contribution in [3.05, 3.63) is 211 Å². The molecule has 0 N–H and O–H groups in total. The fraction of sp³-hybridized carbons (Fsp3) is 0.0517. The second kappa shape index (κ2) is 14.4. The molecule has 1 aliphatic rings. The summed E-state index contributed by atoms with van der Waals surface area (Å²) in [5.74, 6) is 1.98. The number of hydrogen-bond donors (Lipinski definition) is 0. The Morgan fingerprint density at radius 3 is 1.92 bits per heavy atom.